The van der Waals surface area contributed by atoms with Crippen LogP contribution in [0.5, 0.6) is 11.5 Å². The molecule has 1 aliphatic carbocycles. The zero-order valence-corrected chi connectivity index (χ0v) is 17.5. The maximum atomic E-state index is 12.8. The van der Waals surface area contributed by atoms with E-state index in [4.69, 9.17) is 14.5 Å². The van der Waals surface area contributed by atoms with Gasteiger partial charge in [0, 0.05) is 17.5 Å². The van der Waals surface area contributed by atoms with Gasteiger partial charge in [0.25, 0.3) is 5.91 Å². The summed E-state index contributed by atoms with van der Waals surface area (Å²) in [5.74, 6) is 2.65. The third kappa shape index (κ3) is 3.62. The van der Waals surface area contributed by atoms with Crippen molar-refractivity contribution in [1.82, 2.24) is 15.3 Å². The van der Waals surface area contributed by atoms with Crippen molar-refractivity contribution >= 4 is 16.9 Å². The fraction of sp³-hybridized carbons (Fsp3) is 0.417. The normalized spacial score (nSPS) is 20.9. The highest BCUT2D eigenvalue weighted by Gasteiger charge is 2.27. The number of rotatable bonds is 3. The van der Waals surface area contributed by atoms with E-state index in [2.05, 4.69) is 36.3 Å². The number of imidazole rings is 1. The zero-order valence-electron chi connectivity index (χ0n) is 17.5. The molecule has 3 aromatic rings. The van der Waals surface area contributed by atoms with Crippen molar-refractivity contribution < 1.29 is 14.3 Å². The molecule has 30 heavy (non-hydrogen) atoms. The number of fused-ring (bicyclic) bond motifs is 2. The third-order valence-corrected chi connectivity index (χ3v) is 6.32. The van der Waals surface area contributed by atoms with Crippen LogP contribution in [0.15, 0.2) is 30.3 Å². The Balaban J connectivity index is 1.29. The van der Waals surface area contributed by atoms with Crippen LogP contribution in [0.1, 0.15) is 58.9 Å². The minimum Gasteiger partial charge on any atom is -0.486 e. The predicted octanol–water partition coefficient (Wildman–Crippen LogP) is 4.41. The van der Waals surface area contributed by atoms with Crippen LogP contribution in [-0.2, 0) is 0 Å². The molecule has 156 valence electrons. The summed E-state index contributed by atoms with van der Waals surface area (Å²) >= 11 is 0. The highest BCUT2D eigenvalue weighted by molar-refractivity contribution is 5.95. The number of carbonyl (C=O) groups is 1. The average molecular weight is 405 g/mol. The van der Waals surface area contributed by atoms with E-state index in [1.165, 1.54) is 11.1 Å². The summed E-state index contributed by atoms with van der Waals surface area (Å²) in [5.41, 5.74) is 5.25. The Bertz CT molecular complexity index is 1070. The number of hydrogen-bond acceptors (Lipinski definition) is 4. The van der Waals surface area contributed by atoms with Crippen LogP contribution in [0.3, 0.4) is 0 Å². The van der Waals surface area contributed by atoms with Crippen LogP contribution in [0, 0.1) is 13.8 Å². The number of amides is 1. The zero-order chi connectivity index (χ0) is 20.7. The smallest absolute Gasteiger partial charge is 0.251 e. The molecule has 6 heteroatoms. The van der Waals surface area contributed by atoms with E-state index in [0.717, 1.165) is 42.5 Å². The first kappa shape index (κ1) is 19.0. The summed E-state index contributed by atoms with van der Waals surface area (Å²) in [6, 6.07) is 9.84. The van der Waals surface area contributed by atoms with Crippen LogP contribution in [-0.4, -0.2) is 35.1 Å². The standard InChI is InChI=1S/C24H27N3O3/c1-14-10-19-20(11-15(14)2)27-23(26-19)16-4-3-5-18(12-16)25-24(28)17-6-7-21-22(13-17)30-9-8-29-21/h6-7,10-11,13,16,18H,3-5,8-9,12H2,1-2H3,(H,25,28)(H,26,27). The van der Waals surface area contributed by atoms with Crippen LogP contribution >= 0.6 is 0 Å². The van der Waals surface area contributed by atoms with Crippen LogP contribution in [0.25, 0.3) is 11.0 Å². The van der Waals surface area contributed by atoms with Gasteiger partial charge in [-0.1, -0.05) is 6.42 Å². The van der Waals surface area contributed by atoms with Gasteiger partial charge >= 0.3 is 0 Å². The Kier molecular flexibility index (Phi) is 4.85. The fourth-order valence-electron chi connectivity index (χ4n) is 4.51. The van der Waals surface area contributed by atoms with E-state index in [-0.39, 0.29) is 11.9 Å². The van der Waals surface area contributed by atoms with Gasteiger partial charge in [-0.25, -0.2) is 4.98 Å². The number of H-pyrrole nitrogens is 1. The first-order valence-corrected chi connectivity index (χ1v) is 10.7. The topological polar surface area (TPSA) is 76.2 Å². The quantitative estimate of drug-likeness (QED) is 0.677. The molecule has 1 saturated carbocycles. The molecule has 1 aliphatic heterocycles. The molecule has 2 aliphatic rings. The molecule has 2 N–H and O–H groups in total. The Labute approximate surface area is 176 Å². The molecule has 2 aromatic carbocycles. The Hall–Kier alpha value is -3.02. The number of aryl methyl sites for hydroxylation is 2. The van der Waals surface area contributed by atoms with E-state index in [9.17, 15) is 4.79 Å². The molecule has 1 amide bonds. The summed E-state index contributed by atoms with van der Waals surface area (Å²) in [6.45, 7) is 5.30. The highest BCUT2D eigenvalue weighted by Crippen LogP contribution is 2.34. The second-order valence-corrected chi connectivity index (χ2v) is 8.47. The lowest BCUT2D eigenvalue weighted by Gasteiger charge is -2.29. The van der Waals surface area contributed by atoms with Crippen molar-refractivity contribution in [1.29, 1.82) is 0 Å². The first-order chi connectivity index (χ1) is 14.6. The van der Waals surface area contributed by atoms with Crippen molar-refractivity contribution in [3.05, 3.63) is 52.8 Å². The first-order valence-electron chi connectivity index (χ1n) is 10.7. The second kappa shape index (κ2) is 7.67. The van der Waals surface area contributed by atoms with E-state index >= 15 is 0 Å². The van der Waals surface area contributed by atoms with Gasteiger partial charge in [0.05, 0.1) is 11.0 Å². The summed E-state index contributed by atoms with van der Waals surface area (Å²) in [6.07, 6.45) is 4.05. The van der Waals surface area contributed by atoms with Crippen molar-refractivity contribution in [3.63, 3.8) is 0 Å². The maximum absolute atomic E-state index is 12.8. The number of ether oxygens (including phenoxy) is 2. The van der Waals surface area contributed by atoms with Gasteiger partial charge in [-0.15, -0.1) is 0 Å². The van der Waals surface area contributed by atoms with E-state index in [1.54, 1.807) is 12.1 Å². The lowest BCUT2D eigenvalue weighted by Crippen LogP contribution is -2.38. The van der Waals surface area contributed by atoms with E-state index < -0.39 is 0 Å². The van der Waals surface area contributed by atoms with Crippen molar-refractivity contribution in [2.24, 2.45) is 0 Å². The Morgan fingerprint density at radius 3 is 2.73 bits per heavy atom. The summed E-state index contributed by atoms with van der Waals surface area (Å²) in [5, 5.41) is 3.22. The predicted molar refractivity (Wildman–Crippen MR) is 115 cm³/mol. The van der Waals surface area contributed by atoms with Gasteiger partial charge in [0.1, 0.15) is 19.0 Å². The van der Waals surface area contributed by atoms with Gasteiger partial charge in [0.2, 0.25) is 0 Å². The SMILES string of the molecule is Cc1cc2nc(C3CCCC(NC(=O)c4ccc5c(c4)OCCO5)C3)[nH]c2cc1C. The molecule has 2 heterocycles. The molecule has 2 atom stereocenters. The van der Waals surface area contributed by atoms with Crippen molar-refractivity contribution in [2.45, 2.75) is 51.5 Å². The minimum atomic E-state index is -0.0616. The molecule has 1 fully saturated rings. The summed E-state index contributed by atoms with van der Waals surface area (Å²) < 4.78 is 11.2. The van der Waals surface area contributed by atoms with Gasteiger partial charge in [-0.3, -0.25) is 4.79 Å². The molecule has 0 saturated heterocycles. The number of hydrogen-bond donors (Lipinski definition) is 2. The monoisotopic (exact) mass is 405 g/mol. The fourth-order valence-corrected chi connectivity index (χ4v) is 4.51. The number of nitrogens with zero attached hydrogens (tertiary/aromatic N) is 1. The lowest BCUT2D eigenvalue weighted by molar-refractivity contribution is 0.0923. The molecule has 0 bridgehead atoms. The summed E-state index contributed by atoms with van der Waals surface area (Å²) in [4.78, 5) is 21.2. The molecule has 5 rings (SSSR count). The number of nitrogens with one attached hydrogen (secondary N) is 2. The van der Waals surface area contributed by atoms with E-state index in [1.807, 2.05) is 6.07 Å². The largest absolute Gasteiger partial charge is 0.486 e. The minimum absolute atomic E-state index is 0.0616. The lowest BCUT2D eigenvalue weighted by atomic mass is 9.85. The van der Waals surface area contributed by atoms with Crippen molar-refractivity contribution in [3.8, 4) is 11.5 Å². The van der Waals surface area contributed by atoms with E-state index in [0.29, 0.717) is 36.2 Å². The average Bonchev–Trinajstić information content (AvgIpc) is 3.16. The molecule has 6 nitrogen and oxygen atoms in total. The Morgan fingerprint density at radius 1 is 1.07 bits per heavy atom. The second-order valence-electron chi connectivity index (χ2n) is 8.47. The molecule has 2 unspecified atom stereocenters. The molecular formula is C24H27N3O3. The Morgan fingerprint density at radius 2 is 1.87 bits per heavy atom. The van der Waals surface area contributed by atoms with Crippen LogP contribution < -0.4 is 14.8 Å². The van der Waals surface area contributed by atoms with Gasteiger partial charge < -0.3 is 19.8 Å². The molecule has 1 aromatic heterocycles. The number of carbonyl (C=O) groups excluding carboxylic acids is 1. The highest BCUT2D eigenvalue weighted by atomic mass is 16.6. The van der Waals surface area contributed by atoms with Gasteiger partial charge in [-0.05, 0) is 74.6 Å². The molecule has 0 radical (unpaired) electrons. The van der Waals surface area contributed by atoms with Gasteiger partial charge in [0.15, 0.2) is 11.5 Å². The number of benzene rings is 2. The third-order valence-electron chi connectivity index (χ3n) is 6.32. The molecular weight excluding hydrogens is 378 g/mol. The van der Waals surface area contributed by atoms with Crippen LogP contribution in [0.2, 0.25) is 0 Å². The molecule has 0 spiro atoms. The van der Waals surface area contributed by atoms with Gasteiger partial charge in [-0.2, -0.15) is 0 Å². The summed E-state index contributed by atoms with van der Waals surface area (Å²) in [7, 11) is 0. The van der Waals surface area contributed by atoms with Crippen molar-refractivity contribution in [2.75, 3.05) is 13.2 Å². The number of aromatic amines is 1. The number of aromatic nitrogens is 2. The maximum Gasteiger partial charge on any atom is 0.251 e. The van der Waals surface area contributed by atoms with Crippen LogP contribution in [0.4, 0.5) is 0 Å².